The molecule has 2 aromatic rings. The number of rotatable bonds is 3. The second-order valence-electron chi connectivity index (χ2n) is 4.53. The summed E-state index contributed by atoms with van der Waals surface area (Å²) >= 11 is 3.29. The monoisotopic (exact) mass is 346 g/mol. The predicted molar refractivity (Wildman–Crippen MR) is 80.2 cm³/mol. The van der Waals surface area contributed by atoms with Gasteiger partial charge in [0.05, 0.1) is 0 Å². The van der Waals surface area contributed by atoms with Gasteiger partial charge in [0.1, 0.15) is 13.2 Å². The summed E-state index contributed by atoms with van der Waals surface area (Å²) in [6.07, 6.45) is 0. The predicted octanol–water partition coefficient (Wildman–Crippen LogP) is 3.29. The van der Waals surface area contributed by atoms with Crippen LogP contribution in [0.15, 0.2) is 46.9 Å². The molecule has 0 aliphatic carbocycles. The van der Waals surface area contributed by atoms with Crippen LogP contribution in [0.2, 0.25) is 0 Å². The maximum atomic E-state index is 12.3. The van der Waals surface area contributed by atoms with Gasteiger partial charge in [0.15, 0.2) is 11.5 Å². The number of hydrogen-bond acceptors (Lipinski definition) is 4. The lowest BCUT2D eigenvalue weighted by Gasteiger charge is -2.18. The van der Waals surface area contributed by atoms with Crippen LogP contribution in [0, 0.1) is 0 Å². The molecular weight excluding hydrogens is 336 g/mol. The molecule has 0 saturated carbocycles. The van der Waals surface area contributed by atoms with Crippen molar-refractivity contribution in [1.82, 2.24) is 0 Å². The van der Waals surface area contributed by atoms with Gasteiger partial charge in [-0.15, -0.1) is 0 Å². The van der Waals surface area contributed by atoms with E-state index in [1.54, 1.807) is 42.5 Å². The molecule has 0 aromatic heterocycles. The Morgan fingerprint density at radius 1 is 0.857 bits per heavy atom. The number of halogens is 1. The number of hydrogen-bond donors (Lipinski definition) is 0. The van der Waals surface area contributed by atoms with Crippen LogP contribution in [0.5, 0.6) is 11.5 Å². The van der Waals surface area contributed by atoms with Crippen molar-refractivity contribution in [2.24, 2.45) is 0 Å². The summed E-state index contributed by atoms with van der Waals surface area (Å²) in [5.41, 5.74) is 0.647. The molecule has 1 heterocycles. The highest BCUT2D eigenvalue weighted by atomic mass is 79.9. The number of Topliss-reactive ketones (excluding diaryl/α,β-unsaturated/α-hetero) is 2. The maximum Gasteiger partial charge on any atom is 0.233 e. The molecule has 21 heavy (non-hydrogen) atoms. The van der Waals surface area contributed by atoms with Gasteiger partial charge in [0.2, 0.25) is 11.6 Å². The highest BCUT2D eigenvalue weighted by Gasteiger charge is 2.21. The fraction of sp³-hybridized carbons (Fsp3) is 0.125. The number of carbonyl (C=O) groups excluding carboxylic acids is 2. The first-order chi connectivity index (χ1) is 10.1. The van der Waals surface area contributed by atoms with Crippen LogP contribution in [0.4, 0.5) is 0 Å². The van der Waals surface area contributed by atoms with Gasteiger partial charge >= 0.3 is 0 Å². The molecule has 106 valence electrons. The van der Waals surface area contributed by atoms with Gasteiger partial charge in [-0.3, -0.25) is 9.59 Å². The Labute approximate surface area is 129 Å². The van der Waals surface area contributed by atoms with E-state index in [0.29, 0.717) is 35.8 Å². The molecule has 1 aliphatic rings. The molecule has 0 amide bonds. The van der Waals surface area contributed by atoms with Crippen molar-refractivity contribution in [3.8, 4) is 11.5 Å². The summed E-state index contributed by atoms with van der Waals surface area (Å²) < 4.78 is 11.6. The first kappa shape index (κ1) is 13.8. The molecule has 0 radical (unpaired) electrons. The summed E-state index contributed by atoms with van der Waals surface area (Å²) in [7, 11) is 0. The minimum Gasteiger partial charge on any atom is -0.486 e. The minimum absolute atomic E-state index is 0.296. The third-order valence-electron chi connectivity index (χ3n) is 3.10. The van der Waals surface area contributed by atoms with E-state index in [4.69, 9.17) is 9.47 Å². The van der Waals surface area contributed by atoms with Crippen LogP contribution in [0.3, 0.4) is 0 Å². The normalized spacial score (nSPS) is 12.8. The van der Waals surface area contributed by atoms with Crippen LogP contribution in [-0.4, -0.2) is 24.8 Å². The Kier molecular flexibility index (Phi) is 3.75. The van der Waals surface area contributed by atoms with Crippen LogP contribution in [0.1, 0.15) is 20.7 Å². The van der Waals surface area contributed by atoms with E-state index in [1.807, 2.05) is 0 Å². The standard InChI is InChI=1S/C16H11BrO4/c17-12-3-1-2-10(8-12)15(18)16(19)11-4-5-13-14(9-11)21-7-6-20-13/h1-5,8-9H,6-7H2. The fourth-order valence-electron chi connectivity index (χ4n) is 2.08. The van der Waals surface area contributed by atoms with Crippen LogP contribution in [-0.2, 0) is 0 Å². The Bertz CT molecular complexity index is 724. The van der Waals surface area contributed by atoms with Crippen molar-refractivity contribution in [2.75, 3.05) is 13.2 Å². The zero-order valence-corrected chi connectivity index (χ0v) is 12.6. The smallest absolute Gasteiger partial charge is 0.233 e. The summed E-state index contributed by atoms with van der Waals surface area (Å²) in [4.78, 5) is 24.5. The molecule has 2 aromatic carbocycles. The van der Waals surface area contributed by atoms with E-state index < -0.39 is 11.6 Å². The van der Waals surface area contributed by atoms with Crippen molar-refractivity contribution >= 4 is 27.5 Å². The van der Waals surface area contributed by atoms with Gasteiger partial charge in [0.25, 0.3) is 0 Å². The van der Waals surface area contributed by atoms with Crippen molar-refractivity contribution < 1.29 is 19.1 Å². The largest absolute Gasteiger partial charge is 0.486 e. The Morgan fingerprint density at radius 3 is 2.24 bits per heavy atom. The lowest BCUT2D eigenvalue weighted by atomic mass is 10.0. The Hall–Kier alpha value is -2.14. The number of fused-ring (bicyclic) bond motifs is 1. The van der Waals surface area contributed by atoms with Crippen molar-refractivity contribution in [3.05, 3.63) is 58.1 Å². The maximum absolute atomic E-state index is 12.3. The molecule has 0 atom stereocenters. The number of ether oxygens (including phenoxy) is 2. The first-order valence-corrected chi connectivity index (χ1v) is 7.19. The Morgan fingerprint density at radius 2 is 1.52 bits per heavy atom. The van der Waals surface area contributed by atoms with Gasteiger partial charge in [-0.1, -0.05) is 28.1 Å². The molecular formula is C16H11BrO4. The third kappa shape index (κ3) is 2.83. The molecule has 4 nitrogen and oxygen atoms in total. The van der Waals surface area contributed by atoms with Crippen LogP contribution < -0.4 is 9.47 Å². The SMILES string of the molecule is O=C(C(=O)c1ccc2c(c1)OCCO2)c1cccc(Br)c1. The molecule has 0 N–H and O–H groups in total. The van der Waals surface area contributed by atoms with E-state index >= 15 is 0 Å². The molecule has 0 fully saturated rings. The third-order valence-corrected chi connectivity index (χ3v) is 3.59. The molecule has 5 heteroatoms. The molecule has 1 aliphatic heterocycles. The number of benzene rings is 2. The van der Waals surface area contributed by atoms with Gasteiger partial charge in [-0.05, 0) is 30.3 Å². The van der Waals surface area contributed by atoms with Crippen molar-refractivity contribution in [2.45, 2.75) is 0 Å². The van der Waals surface area contributed by atoms with Crippen LogP contribution in [0.25, 0.3) is 0 Å². The first-order valence-electron chi connectivity index (χ1n) is 6.39. The lowest BCUT2D eigenvalue weighted by Crippen LogP contribution is -2.18. The summed E-state index contributed by atoms with van der Waals surface area (Å²) in [6, 6.07) is 11.5. The van der Waals surface area contributed by atoms with E-state index in [1.165, 1.54) is 0 Å². The molecule has 0 saturated heterocycles. The summed E-state index contributed by atoms with van der Waals surface area (Å²) in [5.74, 6) is -0.0279. The molecule has 3 rings (SSSR count). The quantitative estimate of drug-likeness (QED) is 0.632. The van der Waals surface area contributed by atoms with Gasteiger partial charge in [0, 0.05) is 15.6 Å². The van der Waals surface area contributed by atoms with E-state index in [2.05, 4.69) is 15.9 Å². The molecule has 0 bridgehead atoms. The number of carbonyl (C=O) groups is 2. The molecule has 0 spiro atoms. The van der Waals surface area contributed by atoms with E-state index in [9.17, 15) is 9.59 Å². The average Bonchev–Trinajstić information content (AvgIpc) is 2.53. The zero-order chi connectivity index (χ0) is 14.8. The highest BCUT2D eigenvalue weighted by Crippen LogP contribution is 2.31. The Balaban J connectivity index is 1.90. The zero-order valence-electron chi connectivity index (χ0n) is 11.0. The minimum atomic E-state index is -0.565. The topological polar surface area (TPSA) is 52.6 Å². The highest BCUT2D eigenvalue weighted by molar-refractivity contribution is 9.10. The van der Waals surface area contributed by atoms with Crippen LogP contribution >= 0.6 is 15.9 Å². The second kappa shape index (κ2) is 5.69. The van der Waals surface area contributed by atoms with Crippen molar-refractivity contribution in [3.63, 3.8) is 0 Å². The summed E-state index contributed by atoms with van der Waals surface area (Å²) in [5, 5.41) is 0. The lowest BCUT2D eigenvalue weighted by molar-refractivity contribution is 0.0816. The second-order valence-corrected chi connectivity index (χ2v) is 5.44. The van der Waals surface area contributed by atoms with Crippen molar-refractivity contribution in [1.29, 1.82) is 0 Å². The molecule has 0 unspecified atom stereocenters. The van der Waals surface area contributed by atoms with Gasteiger partial charge in [-0.2, -0.15) is 0 Å². The van der Waals surface area contributed by atoms with Gasteiger partial charge < -0.3 is 9.47 Å². The number of ketones is 2. The van der Waals surface area contributed by atoms with E-state index in [0.717, 1.165) is 4.47 Å². The van der Waals surface area contributed by atoms with E-state index in [-0.39, 0.29) is 0 Å². The average molecular weight is 347 g/mol. The fourth-order valence-corrected chi connectivity index (χ4v) is 2.48. The summed E-state index contributed by atoms with van der Waals surface area (Å²) in [6.45, 7) is 0.918. The van der Waals surface area contributed by atoms with Gasteiger partial charge in [-0.25, -0.2) is 0 Å².